The van der Waals surface area contributed by atoms with E-state index >= 15 is 0 Å². The summed E-state index contributed by atoms with van der Waals surface area (Å²) in [7, 11) is 1.72. The molecule has 5 heteroatoms. The third kappa shape index (κ3) is 2.99. The van der Waals surface area contributed by atoms with E-state index in [9.17, 15) is 0 Å². The molecule has 0 saturated heterocycles. The van der Waals surface area contributed by atoms with Gasteiger partial charge in [0.25, 0.3) is 0 Å². The third-order valence-electron chi connectivity index (χ3n) is 3.49. The molecule has 0 aliphatic rings. The van der Waals surface area contributed by atoms with Gasteiger partial charge in [0, 0.05) is 10.9 Å². The standard InChI is InChI=1S/C15H21N3OS/c1-5-8-16-14(13-9-20-18-17-13)12-7-6-10(2)11(3)15(12)19-4/h6-7,9,14,16H,5,8H2,1-4H3. The minimum absolute atomic E-state index is 0.0305. The Morgan fingerprint density at radius 1 is 1.35 bits per heavy atom. The number of aryl methyl sites for hydroxylation is 1. The Hall–Kier alpha value is -1.46. The fraction of sp³-hybridized carbons (Fsp3) is 0.467. The van der Waals surface area contributed by atoms with Crippen LogP contribution in [0.3, 0.4) is 0 Å². The van der Waals surface area contributed by atoms with E-state index in [-0.39, 0.29) is 6.04 Å². The zero-order valence-electron chi connectivity index (χ0n) is 12.4. The number of hydrogen-bond acceptors (Lipinski definition) is 5. The highest BCUT2D eigenvalue weighted by atomic mass is 32.1. The van der Waals surface area contributed by atoms with Gasteiger partial charge in [-0.05, 0) is 49.5 Å². The third-order valence-corrected chi connectivity index (χ3v) is 4.02. The molecule has 0 bridgehead atoms. The predicted octanol–water partition coefficient (Wildman–Crippen LogP) is 3.25. The molecule has 108 valence electrons. The largest absolute Gasteiger partial charge is 0.496 e. The molecule has 4 nitrogen and oxygen atoms in total. The van der Waals surface area contributed by atoms with Crippen molar-refractivity contribution in [2.45, 2.75) is 33.2 Å². The number of benzene rings is 1. The zero-order valence-corrected chi connectivity index (χ0v) is 13.3. The van der Waals surface area contributed by atoms with Crippen molar-refractivity contribution >= 4 is 11.5 Å². The predicted molar refractivity (Wildman–Crippen MR) is 82.5 cm³/mol. The van der Waals surface area contributed by atoms with Crippen molar-refractivity contribution in [1.82, 2.24) is 14.9 Å². The molecular formula is C15H21N3OS. The highest BCUT2D eigenvalue weighted by molar-refractivity contribution is 7.03. The molecule has 2 aromatic rings. The smallest absolute Gasteiger partial charge is 0.127 e. The zero-order chi connectivity index (χ0) is 14.5. The van der Waals surface area contributed by atoms with Gasteiger partial charge in [0.1, 0.15) is 5.75 Å². The monoisotopic (exact) mass is 291 g/mol. The van der Waals surface area contributed by atoms with Crippen molar-refractivity contribution in [1.29, 1.82) is 0 Å². The van der Waals surface area contributed by atoms with E-state index in [0.29, 0.717) is 0 Å². The van der Waals surface area contributed by atoms with Gasteiger partial charge < -0.3 is 10.1 Å². The lowest BCUT2D eigenvalue weighted by Crippen LogP contribution is -2.24. The van der Waals surface area contributed by atoms with E-state index in [1.54, 1.807) is 7.11 Å². The van der Waals surface area contributed by atoms with Gasteiger partial charge in [0.2, 0.25) is 0 Å². The van der Waals surface area contributed by atoms with Crippen LogP contribution in [0.4, 0.5) is 0 Å². The van der Waals surface area contributed by atoms with E-state index in [4.69, 9.17) is 4.74 Å². The van der Waals surface area contributed by atoms with Gasteiger partial charge in [-0.25, -0.2) is 0 Å². The van der Waals surface area contributed by atoms with Gasteiger partial charge in [0.15, 0.2) is 0 Å². The van der Waals surface area contributed by atoms with Gasteiger partial charge >= 0.3 is 0 Å². The fourth-order valence-corrected chi connectivity index (χ4v) is 2.75. The first kappa shape index (κ1) is 14.9. The molecule has 0 saturated carbocycles. The average Bonchev–Trinajstić information content (AvgIpc) is 2.97. The molecule has 1 atom stereocenters. The van der Waals surface area contributed by atoms with E-state index in [1.165, 1.54) is 22.7 Å². The summed E-state index contributed by atoms with van der Waals surface area (Å²) in [6, 6.07) is 4.28. The molecule has 2 rings (SSSR count). The maximum absolute atomic E-state index is 5.63. The second kappa shape index (κ2) is 6.81. The lowest BCUT2D eigenvalue weighted by Gasteiger charge is -2.21. The van der Waals surface area contributed by atoms with Gasteiger partial charge in [-0.15, -0.1) is 5.10 Å². The summed E-state index contributed by atoms with van der Waals surface area (Å²) in [6.45, 7) is 7.27. The van der Waals surface area contributed by atoms with Crippen molar-refractivity contribution in [2.24, 2.45) is 0 Å². The quantitative estimate of drug-likeness (QED) is 0.887. The molecule has 1 heterocycles. The normalized spacial score (nSPS) is 12.4. The molecule has 1 aromatic carbocycles. The Morgan fingerprint density at radius 2 is 2.15 bits per heavy atom. The maximum Gasteiger partial charge on any atom is 0.127 e. The van der Waals surface area contributed by atoms with Crippen LogP contribution in [0.5, 0.6) is 5.75 Å². The van der Waals surface area contributed by atoms with Crippen molar-refractivity contribution in [3.8, 4) is 5.75 Å². The number of nitrogens with one attached hydrogen (secondary N) is 1. The molecular weight excluding hydrogens is 270 g/mol. The molecule has 0 radical (unpaired) electrons. The van der Waals surface area contributed by atoms with Crippen molar-refractivity contribution < 1.29 is 4.74 Å². The Kier molecular flexibility index (Phi) is 5.09. The van der Waals surface area contributed by atoms with Crippen LogP contribution in [0, 0.1) is 13.8 Å². The van der Waals surface area contributed by atoms with Crippen molar-refractivity contribution in [2.75, 3.05) is 13.7 Å². The maximum atomic E-state index is 5.63. The summed E-state index contributed by atoms with van der Waals surface area (Å²) in [4.78, 5) is 0. The van der Waals surface area contributed by atoms with Crippen LogP contribution < -0.4 is 10.1 Å². The van der Waals surface area contributed by atoms with Crippen LogP contribution in [0.15, 0.2) is 17.5 Å². The Balaban J connectivity index is 2.46. The van der Waals surface area contributed by atoms with Crippen LogP contribution in [0.1, 0.15) is 41.8 Å². The van der Waals surface area contributed by atoms with E-state index in [0.717, 1.165) is 30.0 Å². The highest BCUT2D eigenvalue weighted by Crippen LogP contribution is 2.33. The first-order valence-corrected chi connectivity index (χ1v) is 7.67. The van der Waals surface area contributed by atoms with E-state index < -0.39 is 0 Å². The van der Waals surface area contributed by atoms with Gasteiger partial charge in [-0.3, -0.25) is 0 Å². The summed E-state index contributed by atoms with van der Waals surface area (Å²) in [5.41, 5.74) is 4.48. The number of nitrogens with zero attached hydrogens (tertiary/aromatic N) is 2. The van der Waals surface area contributed by atoms with Crippen molar-refractivity contribution in [3.05, 3.63) is 39.9 Å². The molecule has 0 aliphatic carbocycles. The lowest BCUT2D eigenvalue weighted by molar-refractivity contribution is 0.399. The summed E-state index contributed by atoms with van der Waals surface area (Å²) in [6.07, 6.45) is 1.07. The topological polar surface area (TPSA) is 47.0 Å². The Morgan fingerprint density at radius 3 is 2.75 bits per heavy atom. The number of ether oxygens (including phenoxy) is 1. The number of rotatable bonds is 6. The number of aromatic nitrogens is 2. The summed E-state index contributed by atoms with van der Waals surface area (Å²) < 4.78 is 9.61. The summed E-state index contributed by atoms with van der Waals surface area (Å²) >= 11 is 1.37. The first-order chi connectivity index (χ1) is 9.69. The average molecular weight is 291 g/mol. The Bertz CT molecular complexity index is 554. The van der Waals surface area contributed by atoms with E-state index in [2.05, 4.69) is 47.8 Å². The first-order valence-electron chi connectivity index (χ1n) is 6.83. The van der Waals surface area contributed by atoms with Gasteiger partial charge in [0.05, 0.1) is 18.8 Å². The highest BCUT2D eigenvalue weighted by Gasteiger charge is 2.21. The number of methoxy groups -OCH3 is 1. The molecule has 0 fully saturated rings. The molecule has 0 spiro atoms. The Labute approximate surface area is 124 Å². The minimum Gasteiger partial charge on any atom is -0.496 e. The minimum atomic E-state index is 0.0305. The van der Waals surface area contributed by atoms with Gasteiger partial charge in [-0.2, -0.15) is 0 Å². The van der Waals surface area contributed by atoms with Crippen LogP contribution in [-0.2, 0) is 0 Å². The van der Waals surface area contributed by atoms with Crippen LogP contribution >= 0.6 is 11.5 Å². The SMILES string of the molecule is CCCNC(c1csnn1)c1ccc(C)c(C)c1OC. The second-order valence-corrected chi connectivity index (χ2v) is 5.46. The lowest BCUT2D eigenvalue weighted by atomic mass is 9.97. The fourth-order valence-electron chi connectivity index (χ4n) is 2.27. The van der Waals surface area contributed by atoms with Crippen LogP contribution in [0.2, 0.25) is 0 Å². The summed E-state index contributed by atoms with van der Waals surface area (Å²) in [5, 5.41) is 9.75. The van der Waals surface area contributed by atoms with Crippen molar-refractivity contribution in [3.63, 3.8) is 0 Å². The molecule has 0 aliphatic heterocycles. The van der Waals surface area contributed by atoms with Crippen LogP contribution in [0.25, 0.3) is 0 Å². The second-order valence-electron chi connectivity index (χ2n) is 4.85. The molecule has 0 amide bonds. The van der Waals surface area contributed by atoms with Gasteiger partial charge in [-0.1, -0.05) is 23.5 Å². The molecule has 20 heavy (non-hydrogen) atoms. The summed E-state index contributed by atoms with van der Waals surface area (Å²) in [5.74, 6) is 0.937. The number of hydrogen-bond donors (Lipinski definition) is 1. The molecule has 1 N–H and O–H groups in total. The molecule has 1 aromatic heterocycles. The molecule has 1 unspecified atom stereocenters. The van der Waals surface area contributed by atoms with Crippen LogP contribution in [-0.4, -0.2) is 23.2 Å². The van der Waals surface area contributed by atoms with E-state index in [1.807, 2.05) is 5.38 Å².